The summed E-state index contributed by atoms with van der Waals surface area (Å²) in [5.41, 5.74) is 3.01. The maximum Gasteiger partial charge on any atom is 0.247 e. The Bertz CT molecular complexity index is 482. The SMILES string of the molecule is Cc1ccc(N2CC(=O)N(C)CC2=O)c(C)c1. The quantitative estimate of drug-likeness (QED) is 0.727. The van der Waals surface area contributed by atoms with Gasteiger partial charge in [-0.2, -0.15) is 0 Å². The number of benzene rings is 1. The van der Waals surface area contributed by atoms with Crippen LogP contribution in [0.1, 0.15) is 11.1 Å². The summed E-state index contributed by atoms with van der Waals surface area (Å²) in [4.78, 5) is 26.6. The lowest BCUT2D eigenvalue weighted by atomic mass is 10.1. The molecule has 1 aromatic carbocycles. The van der Waals surface area contributed by atoms with Gasteiger partial charge in [0.15, 0.2) is 0 Å². The monoisotopic (exact) mass is 232 g/mol. The summed E-state index contributed by atoms with van der Waals surface area (Å²) in [6.07, 6.45) is 0. The summed E-state index contributed by atoms with van der Waals surface area (Å²) in [6.45, 7) is 4.26. The van der Waals surface area contributed by atoms with Crippen LogP contribution in [0.5, 0.6) is 0 Å². The molecule has 1 aromatic rings. The van der Waals surface area contributed by atoms with Crippen molar-refractivity contribution < 1.29 is 9.59 Å². The van der Waals surface area contributed by atoms with Crippen LogP contribution in [-0.4, -0.2) is 36.9 Å². The first-order valence-electron chi connectivity index (χ1n) is 5.60. The van der Waals surface area contributed by atoms with Crippen molar-refractivity contribution >= 4 is 17.5 Å². The van der Waals surface area contributed by atoms with Crippen LogP contribution >= 0.6 is 0 Å². The van der Waals surface area contributed by atoms with Crippen LogP contribution in [0.15, 0.2) is 18.2 Å². The van der Waals surface area contributed by atoms with Crippen LogP contribution in [0.3, 0.4) is 0 Å². The molecule has 90 valence electrons. The summed E-state index contributed by atoms with van der Waals surface area (Å²) in [6, 6.07) is 5.88. The zero-order valence-corrected chi connectivity index (χ0v) is 10.4. The molecule has 0 atom stereocenters. The Labute approximate surface area is 101 Å². The number of aryl methyl sites for hydroxylation is 2. The fraction of sp³-hybridized carbons (Fsp3) is 0.385. The van der Waals surface area contributed by atoms with E-state index in [1.807, 2.05) is 32.0 Å². The Kier molecular flexibility index (Phi) is 2.88. The molecule has 17 heavy (non-hydrogen) atoms. The van der Waals surface area contributed by atoms with Gasteiger partial charge in [-0.25, -0.2) is 0 Å². The number of amides is 2. The molecule has 4 nitrogen and oxygen atoms in total. The molecule has 0 aromatic heterocycles. The van der Waals surface area contributed by atoms with Crippen LogP contribution < -0.4 is 4.90 Å². The standard InChI is InChI=1S/C13H16N2O2/c1-9-4-5-11(10(2)6-9)15-8-12(16)14(3)7-13(15)17/h4-6H,7-8H2,1-3H3. The van der Waals surface area contributed by atoms with E-state index in [1.54, 1.807) is 11.9 Å². The highest BCUT2D eigenvalue weighted by Gasteiger charge is 2.29. The van der Waals surface area contributed by atoms with E-state index >= 15 is 0 Å². The van der Waals surface area contributed by atoms with Crippen molar-refractivity contribution in [2.45, 2.75) is 13.8 Å². The van der Waals surface area contributed by atoms with E-state index in [0.717, 1.165) is 16.8 Å². The molecule has 1 aliphatic heterocycles. The maximum absolute atomic E-state index is 11.9. The topological polar surface area (TPSA) is 40.6 Å². The van der Waals surface area contributed by atoms with Crippen LogP contribution in [0, 0.1) is 13.8 Å². The van der Waals surface area contributed by atoms with Crippen molar-refractivity contribution in [3.8, 4) is 0 Å². The van der Waals surface area contributed by atoms with Gasteiger partial charge in [0.05, 0.1) is 6.54 Å². The predicted octanol–water partition coefficient (Wildman–Crippen LogP) is 1.11. The summed E-state index contributed by atoms with van der Waals surface area (Å²) in [7, 11) is 1.65. The minimum absolute atomic E-state index is 0.0235. The van der Waals surface area contributed by atoms with Crippen molar-refractivity contribution in [2.24, 2.45) is 0 Å². The lowest BCUT2D eigenvalue weighted by Crippen LogP contribution is -2.52. The Morgan fingerprint density at radius 1 is 1.06 bits per heavy atom. The highest BCUT2D eigenvalue weighted by atomic mass is 16.2. The molecule has 1 fully saturated rings. The van der Waals surface area contributed by atoms with Crippen molar-refractivity contribution in [1.29, 1.82) is 0 Å². The van der Waals surface area contributed by atoms with E-state index in [4.69, 9.17) is 0 Å². The molecule has 1 aliphatic rings. The number of carbonyl (C=O) groups is 2. The summed E-state index contributed by atoms with van der Waals surface area (Å²) < 4.78 is 0. The number of nitrogens with zero attached hydrogens (tertiary/aromatic N) is 2. The highest BCUT2D eigenvalue weighted by Crippen LogP contribution is 2.23. The smallest absolute Gasteiger partial charge is 0.247 e. The lowest BCUT2D eigenvalue weighted by molar-refractivity contribution is -0.136. The minimum Gasteiger partial charge on any atom is -0.335 e. The first kappa shape index (κ1) is 11.6. The number of hydrogen-bond acceptors (Lipinski definition) is 2. The number of likely N-dealkylation sites (N-methyl/N-ethyl adjacent to an activating group) is 1. The minimum atomic E-state index is -0.0287. The fourth-order valence-electron chi connectivity index (χ4n) is 2.05. The molecule has 2 rings (SSSR count). The molecule has 1 heterocycles. The van der Waals surface area contributed by atoms with Gasteiger partial charge in [0.2, 0.25) is 11.8 Å². The second kappa shape index (κ2) is 4.20. The van der Waals surface area contributed by atoms with Crippen LogP contribution in [-0.2, 0) is 9.59 Å². The third-order valence-corrected chi connectivity index (χ3v) is 3.04. The van der Waals surface area contributed by atoms with Crippen LogP contribution in [0.25, 0.3) is 0 Å². The van der Waals surface area contributed by atoms with Crippen molar-refractivity contribution in [2.75, 3.05) is 25.0 Å². The lowest BCUT2D eigenvalue weighted by Gasteiger charge is -2.32. The Hall–Kier alpha value is -1.84. The first-order valence-corrected chi connectivity index (χ1v) is 5.60. The largest absolute Gasteiger partial charge is 0.335 e. The van der Waals surface area contributed by atoms with Crippen LogP contribution in [0.4, 0.5) is 5.69 Å². The van der Waals surface area contributed by atoms with E-state index < -0.39 is 0 Å². The number of piperazine rings is 1. The Morgan fingerprint density at radius 3 is 2.41 bits per heavy atom. The maximum atomic E-state index is 11.9. The Morgan fingerprint density at radius 2 is 1.76 bits per heavy atom. The van der Waals surface area contributed by atoms with Crippen LogP contribution in [0.2, 0.25) is 0 Å². The molecule has 1 saturated heterocycles. The summed E-state index contributed by atoms with van der Waals surface area (Å²) in [5, 5.41) is 0. The number of anilines is 1. The van der Waals surface area contributed by atoms with Crippen molar-refractivity contribution in [3.05, 3.63) is 29.3 Å². The second-order valence-corrected chi connectivity index (χ2v) is 4.52. The fourth-order valence-corrected chi connectivity index (χ4v) is 2.05. The van der Waals surface area contributed by atoms with Gasteiger partial charge in [-0.05, 0) is 25.5 Å². The van der Waals surface area contributed by atoms with Gasteiger partial charge in [0.25, 0.3) is 0 Å². The van der Waals surface area contributed by atoms with E-state index in [-0.39, 0.29) is 24.9 Å². The third kappa shape index (κ3) is 2.16. The van der Waals surface area contributed by atoms with Gasteiger partial charge in [-0.3, -0.25) is 9.59 Å². The zero-order valence-electron chi connectivity index (χ0n) is 10.4. The van der Waals surface area contributed by atoms with Crippen molar-refractivity contribution in [3.63, 3.8) is 0 Å². The van der Waals surface area contributed by atoms with Gasteiger partial charge in [0.1, 0.15) is 6.54 Å². The third-order valence-electron chi connectivity index (χ3n) is 3.04. The van der Waals surface area contributed by atoms with Gasteiger partial charge < -0.3 is 9.80 Å². The summed E-state index contributed by atoms with van der Waals surface area (Å²) >= 11 is 0. The molecular weight excluding hydrogens is 216 g/mol. The molecule has 0 bridgehead atoms. The number of rotatable bonds is 1. The molecular formula is C13H16N2O2. The van der Waals surface area contributed by atoms with E-state index in [0.29, 0.717) is 0 Å². The first-order chi connectivity index (χ1) is 7.99. The second-order valence-electron chi connectivity index (χ2n) is 4.52. The van der Waals surface area contributed by atoms with Gasteiger partial charge >= 0.3 is 0 Å². The average Bonchev–Trinajstić information content (AvgIpc) is 2.24. The van der Waals surface area contributed by atoms with Gasteiger partial charge in [-0.1, -0.05) is 17.7 Å². The predicted molar refractivity (Wildman–Crippen MR) is 65.9 cm³/mol. The summed E-state index contributed by atoms with van der Waals surface area (Å²) in [5.74, 6) is -0.0522. The molecule has 0 spiro atoms. The van der Waals surface area contributed by atoms with Gasteiger partial charge in [0, 0.05) is 12.7 Å². The van der Waals surface area contributed by atoms with E-state index in [1.165, 1.54) is 4.90 Å². The van der Waals surface area contributed by atoms with Gasteiger partial charge in [-0.15, -0.1) is 0 Å². The molecule has 2 amide bonds. The molecule has 0 radical (unpaired) electrons. The Balaban J connectivity index is 2.33. The molecule has 0 N–H and O–H groups in total. The molecule has 0 aliphatic carbocycles. The molecule has 4 heteroatoms. The zero-order chi connectivity index (χ0) is 12.6. The molecule has 0 unspecified atom stereocenters. The average molecular weight is 232 g/mol. The van der Waals surface area contributed by atoms with E-state index in [2.05, 4.69) is 0 Å². The number of carbonyl (C=O) groups excluding carboxylic acids is 2. The normalized spacial score (nSPS) is 16.6. The van der Waals surface area contributed by atoms with E-state index in [9.17, 15) is 9.59 Å². The molecule has 0 saturated carbocycles. The number of hydrogen-bond donors (Lipinski definition) is 0. The van der Waals surface area contributed by atoms with Crippen molar-refractivity contribution in [1.82, 2.24) is 4.90 Å². The highest BCUT2D eigenvalue weighted by molar-refractivity contribution is 6.04.